The van der Waals surface area contributed by atoms with Crippen LogP contribution < -0.4 is 19.6 Å². The minimum Gasteiger partial charge on any atom is -0.872 e. The van der Waals surface area contributed by atoms with Gasteiger partial charge in [-0.2, -0.15) is 0 Å². The normalized spacial score (nSPS) is 17.1. The van der Waals surface area contributed by atoms with Crippen molar-refractivity contribution in [2.24, 2.45) is 5.92 Å². The number of para-hydroxylation sites is 1. The number of pyridine rings is 1. The van der Waals surface area contributed by atoms with E-state index in [0.29, 0.717) is 35.2 Å². The first kappa shape index (κ1) is 24.0. The standard InChI is InChI=1S/C28H28N2O5/c1-18(2)17-35-21-12-10-20(11-13-21)26(31)24-25(22-8-4-5-9-23(22)34-3)30(28(33)27(24)32)16-19-7-6-14-29-15-19/h4-15,18,25,31H,16-17H2,1-3H3/b26-24+. The monoisotopic (exact) mass is 472 g/mol. The minimum atomic E-state index is -0.879. The number of benzene rings is 2. The van der Waals surface area contributed by atoms with Crippen molar-refractivity contribution >= 4 is 17.4 Å². The van der Waals surface area contributed by atoms with Gasteiger partial charge in [-0.3, -0.25) is 9.59 Å². The van der Waals surface area contributed by atoms with Crippen LogP contribution in [0.3, 0.4) is 0 Å². The lowest BCUT2D eigenvalue weighted by atomic mass is 9.94. The van der Waals surface area contributed by atoms with Gasteiger partial charge in [-0.15, -0.1) is 0 Å². The first-order chi connectivity index (χ1) is 16.9. The van der Waals surface area contributed by atoms with Gasteiger partial charge < -0.3 is 19.5 Å². The van der Waals surface area contributed by atoms with E-state index in [2.05, 4.69) is 18.8 Å². The molecule has 7 nitrogen and oxygen atoms in total. The van der Waals surface area contributed by atoms with Crippen LogP contribution in [0.4, 0.5) is 0 Å². The average molecular weight is 473 g/mol. The molecule has 4 rings (SSSR count). The fraction of sp³-hybridized carbons (Fsp3) is 0.250. The molecule has 2 heterocycles. The Morgan fingerprint density at radius 3 is 2.46 bits per heavy atom. The number of rotatable bonds is 8. The quantitative estimate of drug-likeness (QED) is 0.286. The summed E-state index contributed by atoms with van der Waals surface area (Å²) < 4.78 is 11.2. The number of ketones is 1. The molecule has 7 heteroatoms. The second-order valence-corrected chi connectivity index (χ2v) is 8.79. The Bertz CT molecular complexity index is 1240. The Morgan fingerprint density at radius 2 is 1.80 bits per heavy atom. The van der Waals surface area contributed by atoms with E-state index in [1.165, 1.54) is 12.0 Å². The van der Waals surface area contributed by atoms with E-state index in [1.54, 1.807) is 60.9 Å². The number of carbonyl (C=O) groups excluding carboxylic acids is 2. The maximum atomic E-state index is 13.6. The van der Waals surface area contributed by atoms with Crippen molar-refractivity contribution in [2.45, 2.75) is 26.4 Å². The molecule has 2 aromatic carbocycles. The minimum absolute atomic E-state index is 0.0877. The van der Waals surface area contributed by atoms with Crippen molar-refractivity contribution in [3.05, 3.63) is 95.3 Å². The van der Waals surface area contributed by atoms with Crippen LogP contribution in [0.1, 0.15) is 36.6 Å². The third-order valence-corrected chi connectivity index (χ3v) is 5.79. The molecule has 1 saturated heterocycles. The summed E-state index contributed by atoms with van der Waals surface area (Å²) in [5, 5.41) is 13.6. The highest BCUT2D eigenvalue weighted by molar-refractivity contribution is 6.46. The van der Waals surface area contributed by atoms with Crippen LogP contribution in [-0.4, -0.2) is 30.3 Å². The maximum absolute atomic E-state index is 13.6. The summed E-state index contributed by atoms with van der Waals surface area (Å²) in [6, 6.07) is 16.6. The van der Waals surface area contributed by atoms with Gasteiger partial charge in [0.2, 0.25) is 5.78 Å². The predicted molar refractivity (Wildman–Crippen MR) is 128 cm³/mol. The molecular weight excluding hydrogens is 444 g/mol. The molecule has 0 radical (unpaired) electrons. The number of nitrogens with one attached hydrogen (secondary N) is 1. The van der Waals surface area contributed by atoms with Gasteiger partial charge >= 0.3 is 0 Å². The number of aromatic nitrogens is 1. The Morgan fingerprint density at radius 1 is 1.06 bits per heavy atom. The molecule has 1 atom stereocenters. The summed E-state index contributed by atoms with van der Waals surface area (Å²) in [5.41, 5.74) is 1.60. The molecule has 0 saturated carbocycles. The molecule has 1 aliphatic heterocycles. The number of hydrogen-bond donors (Lipinski definition) is 0. The molecule has 0 spiro atoms. The number of aromatic amines is 1. The lowest BCUT2D eigenvalue weighted by Gasteiger charge is -2.28. The van der Waals surface area contributed by atoms with Crippen LogP contribution in [0.2, 0.25) is 0 Å². The molecule has 1 aromatic heterocycles. The van der Waals surface area contributed by atoms with Crippen LogP contribution in [0.15, 0.2) is 78.6 Å². The number of likely N-dealkylation sites (tertiary alicyclic amines) is 1. The molecule has 1 unspecified atom stereocenters. The zero-order valence-electron chi connectivity index (χ0n) is 20.0. The number of hydrogen-bond acceptors (Lipinski definition) is 5. The molecule has 1 fully saturated rings. The number of amides is 1. The Labute approximate surface area is 204 Å². The second-order valence-electron chi connectivity index (χ2n) is 8.79. The molecule has 1 amide bonds. The Hall–Kier alpha value is -4.13. The third kappa shape index (κ3) is 5.04. The predicted octanol–water partition coefficient (Wildman–Crippen LogP) is 2.97. The Kier molecular flexibility index (Phi) is 7.15. The molecule has 3 aromatic rings. The summed E-state index contributed by atoms with van der Waals surface area (Å²) in [7, 11) is 1.52. The summed E-state index contributed by atoms with van der Waals surface area (Å²) in [6.07, 6.45) is 3.51. The largest absolute Gasteiger partial charge is 0.872 e. The van der Waals surface area contributed by atoms with Crippen molar-refractivity contribution in [3.63, 3.8) is 0 Å². The van der Waals surface area contributed by atoms with E-state index in [9.17, 15) is 14.7 Å². The molecule has 0 aliphatic carbocycles. The van der Waals surface area contributed by atoms with Crippen LogP contribution in [0.5, 0.6) is 11.5 Å². The van der Waals surface area contributed by atoms with Crippen molar-refractivity contribution in [2.75, 3.05) is 13.7 Å². The highest BCUT2D eigenvalue weighted by Gasteiger charge is 2.45. The molecule has 35 heavy (non-hydrogen) atoms. The van der Waals surface area contributed by atoms with Crippen LogP contribution in [0.25, 0.3) is 5.76 Å². The summed E-state index contributed by atoms with van der Waals surface area (Å²) in [5.74, 6) is -0.513. The highest BCUT2D eigenvalue weighted by atomic mass is 16.5. The van der Waals surface area contributed by atoms with Crippen molar-refractivity contribution < 1.29 is 29.2 Å². The topological polar surface area (TPSA) is 93.0 Å². The van der Waals surface area contributed by atoms with Gasteiger partial charge in [-0.25, -0.2) is 4.98 Å². The van der Waals surface area contributed by atoms with Gasteiger partial charge in [0.25, 0.3) is 5.91 Å². The van der Waals surface area contributed by atoms with E-state index in [1.807, 2.05) is 12.1 Å². The lowest BCUT2D eigenvalue weighted by molar-refractivity contribution is -0.378. The smallest absolute Gasteiger partial charge is 0.295 e. The number of methoxy groups -OCH3 is 1. The van der Waals surface area contributed by atoms with Gasteiger partial charge in [0.15, 0.2) is 12.4 Å². The molecule has 180 valence electrons. The highest BCUT2D eigenvalue weighted by Crippen LogP contribution is 2.42. The van der Waals surface area contributed by atoms with Crippen LogP contribution in [-0.2, 0) is 16.1 Å². The van der Waals surface area contributed by atoms with Gasteiger partial charge in [0, 0.05) is 22.8 Å². The molecule has 0 bridgehead atoms. The number of nitrogens with zero attached hydrogens (tertiary/aromatic N) is 1. The fourth-order valence-electron chi connectivity index (χ4n) is 4.10. The zero-order chi connectivity index (χ0) is 24.9. The van der Waals surface area contributed by atoms with E-state index in [4.69, 9.17) is 9.47 Å². The fourth-order valence-corrected chi connectivity index (χ4v) is 4.10. The lowest BCUT2D eigenvalue weighted by Crippen LogP contribution is -2.29. The number of H-pyrrole nitrogens is 1. The maximum Gasteiger partial charge on any atom is 0.295 e. The Balaban J connectivity index is 1.79. The summed E-state index contributed by atoms with van der Waals surface area (Å²) in [4.78, 5) is 30.8. The van der Waals surface area contributed by atoms with Crippen LogP contribution in [0, 0.1) is 5.92 Å². The number of Topliss-reactive ketones (excluding diaryl/α,β-unsaturated/α-hetero) is 1. The second kappa shape index (κ2) is 10.4. The van der Waals surface area contributed by atoms with Gasteiger partial charge in [-0.1, -0.05) is 49.9 Å². The van der Waals surface area contributed by atoms with E-state index in [0.717, 1.165) is 5.56 Å². The molecule has 1 aliphatic rings. The van der Waals surface area contributed by atoms with Gasteiger partial charge in [0.1, 0.15) is 11.5 Å². The van der Waals surface area contributed by atoms with Crippen molar-refractivity contribution in [1.82, 2.24) is 4.90 Å². The van der Waals surface area contributed by atoms with E-state index < -0.39 is 23.5 Å². The summed E-state index contributed by atoms with van der Waals surface area (Å²) >= 11 is 0. The molecule has 1 N–H and O–H groups in total. The number of carbonyl (C=O) groups is 2. The zero-order valence-corrected chi connectivity index (χ0v) is 20.0. The first-order valence-corrected chi connectivity index (χ1v) is 11.5. The SMILES string of the molecule is COc1ccccc1C1/C(=C(\[O-])c2ccc(OCC(C)C)cc2)C(=O)C(=O)N1Cc1ccc[nH+]c1. The first-order valence-electron chi connectivity index (χ1n) is 11.5. The van der Waals surface area contributed by atoms with E-state index >= 15 is 0 Å². The van der Waals surface area contributed by atoms with E-state index in [-0.39, 0.29) is 12.1 Å². The number of ether oxygens (including phenoxy) is 2. The third-order valence-electron chi connectivity index (χ3n) is 5.79. The average Bonchev–Trinajstić information content (AvgIpc) is 3.12. The van der Waals surface area contributed by atoms with Crippen molar-refractivity contribution in [3.8, 4) is 11.5 Å². The van der Waals surface area contributed by atoms with Gasteiger partial charge in [-0.05, 0) is 35.7 Å². The summed E-state index contributed by atoms with van der Waals surface area (Å²) in [6.45, 7) is 4.81. The molecular formula is C28H28N2O5. The van der Waals surface area contributed by atoms with Crippen molar-refractivity contribution in [1.29, 1.82) is 0 Å². The van der Waals surface area contributed by atoms with Gasteiger partial charge in [0.05, 0.1) is 26.3 Å². The van der Waals surface area contributed by atoms with Crippen LogP contribution >= 0.6 is 0 Å².